The maximum absolute atomic E-state index is 15.2. The molecule has 0 nitrogen and oxygen atoms in total. The average Bonchev–Trinajstić information content (AvgIpc) is 2.83. The van der Waals surface area contributed by atoms with Crippen LogP contribution in [0.4, 0.5) is 22.0 Å². The molecule has 3 aliphatic rings. The first-order chi connectivity index (χ1) is 16.3. The van der Waals surface area contributed by atoms with E-state index in [2.05, 4.69) is 6.92 Å². The van der Waals surface area contributed by atoms with Gasteiger partial charge in [0.25, 0.3) is 5.92 Å². The van der Waals surface area contributed by atoms with Gasteiger partial charge in [0.2, 0.25) is 0 Å². The fraction of sp³-hybridized carbons (Fsp3) is 0.793. The molecule has 192 valence electrons. The normalized spacial score (nSPS) is 33.1. The minimum atomic E-state index is -2.63. The summed E-state index contributed by atoms with van der Waals surface area (Å²) >= 11 is 0. The summed E-state index contributed by atoms with van der Waals surface area (Å²) in [7, 11) is 0. The van der Waals surface area contributed by atoms with E-state index in [-0.39, 0.29) is 18.3 Å². The monoisotopic (exact) mass is 484 g/mol. The average molecular weight is 485 g/mol. The van der Waals surface area contributed by atoms with E-state index in [1.165, 1.54) is 38.5 Å². The van der Waals surface area contributed by atoms with E-state index in [4.69, 9.17) is 0 Å². The Kier molecular flexibility index (Phi) is 8.61. The van der Waals surface area contributed by atoms with Crippen molar-refractivity contribution in [2.75, 3.05) is 0 Å². The first-order valence-electron chi connectivity index (χ1n) is 13.8. The quantitative estimate of drug-likeness (QED) is 0.267. The van der Waals surface area contributed by atoms with Crippen LogP contribution in [0.3, 0.4) is 0 Å². The largest absolute Gasteiger partial charge is 0.251 e. The lowest BCUT2D eigenvalue weighted by Gasteiger charge is -2.40. The first kappa shape index (κ1) is 25.9. The van der Waals surface area contributed by atoms with Gasteiger partial charge in [-0.1, -0.05) is 32.6 Å². The van der Waals surface area contributed by atoms with Crippen LogP contribution in [0.1, 0.15) is 115 Å². The van der Waals surface area contributed by atoms with E-state index in [1.54, 1.807) is 0 Å². The first-order valence-corrected chi connectivity index (χ1v) is 13.8. The molecular weight excluding hydrogens is 443 g/mol. The van der Waals surface area contributed by atoms with E-state index in [0.29, 0.717) is 50.0 Å². The maximum Gasteiger partial charge on any atom is 0.251 e. The molecule has 3 fully saturated rings. The minimum absolute atomic E-state index is 0.0482. The number of benzene rings is 1. The predicted octanol–water partition coefficient (Wildman–Crippen LogP) is 9.82. The van der Waals surface area contributed by atoms with Crippen LogP contribution in [0.5, 0.6) is 0 Å². The highest BCUT2D eigenvalue weighted by Gasteiger charge is 2.44. The molecule has 3 aliphatic carbocycles. The van der Waals surface area contributed by atoms with Crippen molar-refractivity contribution in [2.24, 2.45) is 29.6 Å². The van der Waals surface area contributed by atoms with Crippen LogP contribution in [0, 0.1) is 47.0 Å². The smallest absolute Gasteiger partial charge is 0.207 e. The number of alkyl halides is 2. The van der Waals surface area contributed by atoms with Crippen LogP contribution in [0.25, 0.3) is 0 Å². The Balaban J connectivity index is 1.22. The van der Waals surface area contributed by atoms with Crippen molar-refractivity contribution in [2.45, 2.75) is 115 Å². The molecule has 0 bridgehead atoms. The standard InChI is InChI=1S/C29H41F5/c1-2-3-19-4-8-21(9-5-19)22-12-14-25(15-13-22)29(33,34)18-20-6-10-23(11-7-20)24-16-26(30)28(32)27(31)17-24/h16-17,19-23,25H,2-15,18H2,1H3. The van der Waals surface area contributed by atoms with E-state index < -0.39 is 29.3 Å². The van der Waals surface area contributed by atoms with Crippen molar-refractivity contribution < 1.29 is 22.0 Å². The van der Waals surface area contributed by atoms with Gasteiger partial charge in [-0.25, -0.2) is 22.0 Å². The summed E-state index contributed by atoms with van der Waals surface area (Å²) in [5, 5.41) is 0. The number of hydrogen-bond donors (Lipinski definition) is 0. The molecule has 0 atom stereocenters. The third kappa shape index (κ3) is 6.16. The zero-order chi connectivity index (χ0) is 24.3. The fourth-order valence-corrected chi connectivity index (χ4v) is 7.43. The van der Waals surface area contributed by atoms with Gasteiger partial charge in [0.1, 0.15) is 0 Å². The zero-order valence-corrected chi connectivity index (χ0v) is 20.6. The molecule has 0 radical (unpaired) electrons. The molecule has 0 unspecified atom stereocenters. The van der Waals surface area contributed by atoms with E-state index in [0.717, 1.165) is 36.8 Å². The summed E-state index contributed by atoms with van der Waals surface area (Å²) < 4.78 is 70.9. The Bertz CT molecular complexity index is 759. The molecule has 4 rings (SSSR count). The summed E-state index contributed by atoms with van der Waals surface area (Å²) in [6, 6.07) is 2.12. The van der Waals surface area contributed by atoms with Crippen molar-refractivity contribution in [3.63, 3.8) is 0 Å². The van der Waals surface area contributed by atoms with Gasteiger partial charge in [0.15, 0.2) is 17.5 Å². The summed E-state index contributed by atoms with van der Waals surface area (Å²) in [5.74, 6) is -4.78. The Morgan fingerprint density at radius 3 is 1.74 bits per heavy atom. The van der Waals surface area contributed by atoms with Gasteiger partial charge in [-0.2, -0.15) is 0 Å². The van der Waals surface area contributed by atoms with Gasteiger partial charge in [0.05, 0.1) is 0 Å². The fourth-order valence-electron chi connectivity index (χ4n) is 7.43. The summed E-state index contributed by atoms with van der Waals surface area (Å²) in [4.78, 5) is 0. The highest BCUT2D eigenvalue weighted by Crippen LogP contribution is 2.49. The predicted molar refractivity (Wildman–Crippen MR) is 126 cm³/mol. The van der Waals surface area contributed by atoms with Crippen LogP contribution < -0.4 is 0 Å². The topological polar surface area (TPSA) is 0 Å². The Labute approximate surface area is 202 Å². The molecule has 0 N–H and O–H groups in total. The highest BCUT2D eigenvalue weighted by atomic mass is 19.3. The molecular formula is C29H41F5. The van der Waals surface area contributed by atoms with Gasteiger partial charge >= 0.3 is 0 Å². The molecule has 0 aliphatic heterocycles. The number of rotatable bonds is 7. The summed E-state index contributed by atoms with van der Waals surface area (Å²) in [6.07, 6.45) is 13.5. The van der Waals surface area contributed by atoms with Crippen molar-refractivity contribution in [1.82, 2.24) is 0 Å². The van der Waals surface area contributed by atoms with Gasteiger partial charge in [0, 0.05) is 12.3 Å². The van der Waals surface area contributed by atoms with Gasteiger partial charge in [-0.15, -0.1) is 0 Å². The Hall–Kier alpha value is -1.13. The van der Waals surface area contributed by atoms with Gasteiger partial charge < -0.3 is 0 Å². The van der Waals surface area contributed by atoms with E-state index >= 15 is 8.78 Å². The molecule has 0 aromatic heterocycles. The van der Waals surface area contributed by atoms with Gasteiger partial charge in [-0.3, -0.25) is 0 Å². The molecule has 0 spiro atoms. The van der Waals surface area contributed by atoms with Crippen LogP contribution in [-0.4, -0.2) is 5.92 Å². The SMILES string of the molecule is CCCC1CCC(C2CCC(C(F)(F)CC3CCC(c4cc(F)c(F)c(F)c4)CC3)CC2)CC1. The van der Waals surface area contributed by atoms with Crippen LogP contribution >= 0.6 is 0 Å². The molecule has 0 heterocycles. The van der Waals surface area contributed by atoms with Crippen molar-refractivity contribution >= 4 is 0 Å². The zero-order valence-electron chi connectivity index (χ0n) is 20.6. The van der Waals surface area contributed by atoms with Crippen molar-refractivity contribution in [3.05, 3.63) is 35.1 Å². The lowest BCUT2D eigenvalue weighted by Crippen LogP contribution is -2.36. The summed E-state index contributed by atoms with van der Waals surface area (Å²) in [6.45, 7) is 2.26. The van der Waals surface area contributed by atoms with Crippen LogP contribution in [0.2, 0.25) is 0 Å². The maximum atomic E-state index is 15.2. The second kappa shape index (κ2) is 11.3. The van der Waals surface area contributed by atoms with E-state index in [9.17, 15) is 13.2 Å². The van der Waals surface area contributed by atoms with Crippen LogP contribution in [-0.2, 0) is 0 Å². The van der Waals surface area contributed by atoms with Crippen molar-refractivity contribution in [3.8, 4) is 0 Å². The molecule has 34 heavy (non-hydrogen) atoms. The van der Waals surface area contributed by atoms with Crippen LogP contribution in [0.15, 0.2) is 12.1 Å². The molecule has 3 saturated carbocycles. The molecule has 1 aromatic rings. The third-order valence-corrected chi connectivity index (χ3v) is 9.51. The second-order valence-electron chi connectivity index (χ2n) is 11.7. The molecule has 0 saturated heterocycles. The lowest BCUT2D eigenvalue weighted by atomic mass is 9.67. The lowest BCUT2D eigenvalue weighted by molar-refractivity contribution is -0.0979. The third-order valence-electron chi connectivity index (χ3n) is 9.51. The number of halogens is 5. The minimum Gasteiger partial charge on any atom is -0.207 e. The van der Waals surface area contributed by atoms with Crippen molar-refractivity contribution in [1.29, 1.82) is 0 Å². The second-order valence-corrected chi connectivity index (χ2v) is 11.7. The summed E-state index contributed by atoms with van der Waals surface area (Å²) in [5.41, 5.74) is 0.448. The highest BCUT2D eigenvalue weighted by molar-refractivity contribution is 5.23. The van der Waals surface area contributed by atoms with Gasteiger partial charge in [-0.05, 0) is 111 Å². The Morgan fingerprint density at radius 2 is 1.21 bits per heavy atom. The Morgan fingerprint density at radius 1 is 0.706 bits per heavy atom. The number of hydrogen-bond acceptors (Lipinski definition) is 0. The molecule has 5 heteroatoms. The van der Waals surface area contributed by atoms with E-state index in [1.807, 2.05) is 0 Å². The molecule has 1 aromatic carbocycles. The molecule has 0 amide bonds.